The van der Waals surface area contributed by atoms with Crippen molar-refractivity contribution < 1.29 is 0 Å². The van der Waals surface area contributed by atoms with Crippen molar-refractivity contribution in [3.8, 4) is 0 Å². The fourth-order valence-electron chi connectivity index (χ4n) is 1.93. The highest BCUT2D eigenvalue weighted by Gasteiger charge is 2.10. The van der Waals surface area contributed by atoms with Gasteiger partial charge in [0.05, 0.1) is 16.0 Å². The van der Waals surface area contributed by atoms with Gasteiger partial charge in [0.15, 0.2) is 0 Å². The van der Waals surface area contributed by atoms with Crippen molar-refractivity contribution in [2.45, 2.75) is 9.79 Å². The van der Waals surface area contributed by atoms with E-state index in [2.05, 4.69) is 33.1 Å². The van der Waals surface area contributed by atoms with Gasteiger partial charge >= 0.3 is 0 Å². The number of hydrogen-bond acceptors (Lipinski definition) is 3. The molecular formula is C16H18BrN3S2. The molecule has 3 nitrogen and oxygen atoms in total. The number of rotatable bonds is 5. The van der Waals surface area contributed by atoms with Crippen molar-refractivity contribution in [1.29, 1.82) is 0 Å². The fraction of sp³-hybridized carbons (Fsp3) is 0.188. The molecule has 2 rings (SSSR count). The Morgan fingerprint density at radius 3 is 2.73 bits per heavy atom. The number of anilines is 1. The average molecular weight is 396 g/mol. The molecule has 0 radical (unpaired) electrons. The Kier molecular flexibility index (Phi) is 6.67. The van der Waals surface area contributed by atoms with Crippen LogP contribution in [0.3, 0.4) is 0 Å². The van der Waals surface area contributed by atoms with Crippen LogP contribution < -0.4 is 10.6 Å². The first-order valence-corrected chi connectivity index (χ1v) is 9.98. The molecule has 2 aromatic rings. The van der Waals surface area contributed by atoms with Crippen molar-refractivity contribution in [2.24, 2.45) is 10.7 Å². The summed E-state index contributed by atoms with van der Waals surface area (Å²) < 4.78 is 0.838. The van der Waals surface area contributed by atoms with Crippen LogP contribution in [0.1, 0.15) is 0 Å². The lowest BCUT2D eigenvalue weighted by Gasteiger charge is -2.21. The van der Waals surface area contributed by atoms with Gasteiger partial charge in [-0.05, 0) is 36.6 Å². The Morgan fingerprint density at radius 2 is 2.00 bits per heavy atom. The van der Waals surface area contributed by atoms with Gasteiger partial charge < -0.3 is 10.6 Å². The first-order chi connectivity index (χ1) is 10.7. The Balaban J connectivity index is 2.28. The van der Waals surface area contributed by atoms with Crippen LogP contribution in [0.25, 0.3) is 0 Å². The summed E-state index contributed by atoms with van der Waals surface area (Å²) in [4.78, 5) is 8.78. The molecule has 22 heavy (non-hydrogen) atoms. The van der Waals surface area contributed by atoms with Gasteiger partial charge in [-0.1, -0.05) is 34.1 Å². The Bertz CT molecular complexity index is 661. The quantitative estimate of drug-likeness (QED) is 0.337. The number of aliphatic imine (C=N–C) groups is 1. The van der Waals surface area contributed by atoms with Crippen molar-refractivity contribution in [3.05, 3.63) is 48.5 Å². The highest BCUT2D eigenvalue weighted by atomic mass is 79.9. The van der Waals surface area contributed by atoms with Crippen molar-refractivity contribution >= 4 is 56.8 Å². The molecule has 0 unspecified atom stereocenters. The molecule has 0 bridgehead atoms. The number of hydrogen-bond donors (Lipinski definition) is 1. The summed E-state index contributed by atoms with van der Waals surface area (Å²) in [5, 5.41) is 0. The maximum atomic E-state index is 6.19. The Hall–Kier alpha value is -1.11. The molecule has 2 N–H and O–H groups in total. The zero-order chi connectivity index (χ0) is 15.9. The normalized spacial score (nSPS) is 11.5. The minimum absolute atomic E-state index is 0.473. The zero-order valence-electron chi connectivity index (χ0n) is 12.5. The van der Waals surface area contributed by atoms with Gasteiger partial charge in [0.2, 0.25) is 5.96 Å². The molecule has 0 fully saturated rings. The van der Waals surface area contributed by atoms with Crippen LogP contribution in [0.4, 0.5) is 11.4 Å². The summed E-state index contributed by atoms with van der Waals surface area (Å²) in [5.41, 5.74) is 8.10. The average Bonchev–Trinajstić information content (AvgIpc) is 2.55. The molecule has 0 aliphatic carbocycles. The zero-order valence-corrected chi connectivity index (χ0v) is 15.7. The molecule has 0 atom stereocenters. The third-order valence-electron chi connectivity index (χ3n) is 3.08. The molecule has 0 amide bonds. The van der Waals surface area contributed by atoms with E-state index in [0.717, 1.165) is 20.9 Å². The molecule has 0 saturated heterocycles. The number of halogens is 1. The number of nitrogens with two attached hydrogens (primary N) is 1. The van der Waals surface area contributed by atoms with Gasteiger partial charge in [-0.25, -0.2) is 4.99 Å². The lowest BCUT2D eigenvalue weighted by atomic mass is 10.3. The predicted molar refractivity (Wildman–Crippen MR) is 104 cm³/mol. The molecule has 0 saturated carbocycles. The van der Waals surface area contributed by atoms with Crippen LogP contribution in [0.5, 0.6) is 0 Å². The van der Waals surface area contributed by atoms with E-state index in [0.29, 0.717) is 5.96 Å². The molecule has 0 aliphatic heterocycles. The van der Waals surface area contributed by atoms with Gasteiger partial charge in [0.1, 0.15) is 0 Å². The van der Waals surface area contributed by atoms with Crippen LogP contribution in [-0.4, -0.2) is 23.9 Å². The summed E-state index contributed by atoms with van der Waals surface area (Å²) in [6.45, 7) is 0. The SMILES string of the molecule is CSc1cccc(N=C(N)N(C)c2ccccc2SCBr)c1. The van der Waals surface area contributed by atoms with Gasteiger partial charge in [0.25, 0.3) is 0 Å². The Morgan fingerprint density at radius 1 is 1.23 bits per heavy atom. The van der Waals surface area contributed by atoms with Crippen molar-refractivity contribution in [2.75, 3.05) is 22.9 Å². The van der Waals surface area contributed by atoms with Crippen LogP contribution in [-0.2, 0) is 0 Å². The molecule has 0 heterocycles. The van der Waals surface area contributed by atoms with Gasteiger partial charge in [0, 0.05) is 16.8 Å². The number of benzene rings is 2. The number of alkyl halides is 1. The summed E-state index contributed by atoms with van der Waals surface area (Å²) in [6.07, 6.45) is 2.05. The van der Waals surface area contributed by atoms with Crippen LogP contribution >= 0.6 is 39.5 Å². The number of para-hydroxylation sites is 1. The predicted octanol–water partition coefficient (Wildman–Crippen LogP) is 4.94. The third-order valence-corrected chi connectivity index (χ3v) is 5.25. The summed E-state index contributed by atoms with van der Waals surface area (Å²) in [5.74, 6) is 0.473. The van der Waals surface area contributed by atoms with E-state index < -0.39 is 0 Å². The highest BCUT2D eigenvalue weighted by Crippen LogP contribution is 2.30. The maximum absolute atomic E-state index is 6.19. The largest absolute Gasteiger partial charge is 0.369 e. The van der Waals surface area contributed by atoms with E-state index in [1.54, 1.807) is 23.5 Å². The first-order valence-electron chi connectivity index (χ1n) is 6.65. The second-order valence-corrected chi connectivity index (χ2v) is 7.65. The summed E-state index contributed by atoms with van der Waals surface area (Å²) in [7, 11) is 1.94. The standard InChI is InChI=1S/C16H18BrN3S2/c1-20(14-8-3-4-9-15(14)22-11-17)16(18)19-12-6-5-7-13(10-12)21-2/h3-10H,11H2,1-2H3,(H2,18,19). The third kappa shape index (κ3) is 4.44. The Labute approximate surface area is 148 Å². The molecule has 116 valence electrons. The van der Waals surface area contributed by atoms with Crippen LogP contribution in [0, 0.1) is 0 Å². The van der Waals surface area contributed by atoms with E-state index >= 15 is 0 Å². The van der Waals surface area contributed by atoms with Gasteiger partial charge in [-0.15, -0.1) is 23.5 Å². The topological polar surface area (TPSA) is 41.6 Å². The van der Waals surface area contributed by atoms with E-state index in [1.807, 2.05) is 54.6 Å². The number of thioether (sulfide) groups is 2. The van der Waals surface area contributed by atoms with Crippen molar-refractivity contribution in [1.82, 2.24) is 0 Å². The minimum atomic E-state index is 0.473. The molecule has 0 aromatic heterocycles. The van der Waals surface area contributed by atoms with Gasteiger partial charge in [-0.3, -0.25) is 0 Å². The monoisotopic (exact) mass is 395 g/mol. The molecule has 0 spiro atoms. The molecule has 2 aromatic carbocycles. The lowest BCUT2D eigenvalue weighted by Crippen LogP contribution is -2.33. The second-order valence-electron chi connectivity index (χ2n) is 4.45. The summed E-state index contributed by atoms with van der Waals surface area (Å²) in [6, 6.07) is 16.2. The lowest BCUT2D eigenvalue weighted by molar-refractivity contribution is 1.18. The van der Waals surface area contributed by atoms with Gasteiger partial charge in [-0.2, -0.15) is 0 Å². The molecule has 6 heteroatoms. The second kappa shape index (κ2) is 8.50. The van der Waals surface area contributed by atoms with E-state index in [-0.39, 0.29) is 0 Å². The van der Waals surface area contributed by atoms with Crippen molar-refractivity contribution in [3.63, 3.8) is 0 Å². The van der Waals surface area contributed by atoms with E-state index in [9.17, 15) is 0 Å². The maximum Gasteiger partial charge on any atom is 0.200 e. The van der Waals surface area contributed by atoms with Crippen LogP contribution in [0.15, 0.2) is 63.3 Å². The number of nitrogens with zero attached hydrogens (tertiary/aromatic N) is 2. The first kappa shape index (κ1) is 17.2. The molecule has 0 aliphatic rings. The van der Waals surface area contributed by atoms with E-state index in [1.165, 1.54) is 4.90 Å². The highest BCUT2D eigenvalue weighted by molar-refractivity contribution is 9.11. The van der Waals surface area contributed by atoms with E-state index in [4.69, 9.17) is 5.73 Å². The smallest absolute Gasteiger partial charge is 0.200 e. The minimum Gasteiger partial charge on any atom is -0.369 e. The van der Waals surface area contributed by atoms with Crippen LogP contribution in [0.2, 0.25) is 0 Å². The molecular weight excluding hydrogens is 378 g/mol. The summed E-state index contributed by atoms with van der Waals surface area (Å²) >= 11 is 6.87. The fourth-order valence-corrected chi connectivity index (χ4v) is 3.76. The number of guanidine groups is 1.